The molecule has 1 aliphatic carbocycles. The highest BCUT2D eigenvalue weighted by Gasteiger charge is 2.21. The molecule has 1 amide bonds. The second-order valence-electron chi connectivity index (χ2n) is 3.91. The van der Waals surface area contributed by atoms with Gasteiger partial charge in [-0.2, -0.15) is 0 Å². The molecule has 0 radical (unpaired) electrons. The normalized spacial score (nSPS) is 16.8. The molecule has 0 spiro atoms. The minimum absolute atomic E-state index is 0.104. The first kappa shape index (κ1) is 12.9. The molecule has 1 unspecified atom stereocenters. The summed E-state index contributed by atoms with van der Waals surface area (Å²) in [5, 5.41) is 14.3. The van der Waals surface area contributed by atoms with Crippen molar-refractivity contribution in [1.29, 1.82) is 0 Å². The third-order valence-corrected chi connectivity index (χ3v) is 2.39. The molecule has 0 bridgehead atoms. The van der Waals surface area contributed by atoms with Crippen molar-refractivity contribution in [3.8, 4) is 0 Å². The second kappa shape index (κ2) is 6.44. The lowest BCUT2D eigenvalue weighted by molar-refractivity contribution is -0.140. The van der Waals surface area contributed by atoms with Gasteiger partial charge >= 0.3 is 5.97 Å². The van der Waals surface area contributed by atoms with Crippen LogP contribution in [-0.4, -0.2) is 49.3 Å². The van der Waals surface area contributed by atoms with Crippen LogP contribution in [0.5, 0.6) is 0 Å². The Morgan fingerprint density at radius 2 is 2.19 bits per heavy atom. The SMILES string of the molecule is COC(CNC(=O)CNC1CC1)CC(=O)O. The zero-order valence-corrected chi connectivity index (χ0v) is 9.36. The van der Waals surface area contributed by atoms with Gasteiger partial charge in [0.05, 0.1) is 19.1 Å². The molecule has 6 nitrogen and oxygen atoms in total. The van der Waals surface area contributed by atoms with Gasteiger partial charge in [0.2, 0.25) is 5.91 Å². The molecule has 1 atom stereocenters. The van der Waals surface area contributed by atoms with Crippen LogP contribution >= 0.6 is 0 Å². The van der Waals surface area contributed by atoms with E-state index in [0.29, 0.717) is 6.04 Å². The number of carbonyl (C=O) groups excluding carboxylic acids is 1. The second-order valence-corrected chi connectivity index (χ2v) is 3.91. The summed E-state index contributed by atoms with van der Waals surface area (Å²) in [4.78, 5) is 21.7. The number of carboxylic acid groups (broad SMARTS) is 1. The van der Waals surface area contributed by atoms with E-state index in [4.69, 9.17) is 9.84 Å². The summed E-state index contributed by atoms with van der Waals surface area (Å²) < 4.78 is 4.93. The van der Waals surface area contributed by atoms with Crippen molar-refractivity contribution in [3.63, 3.8) is 0 Å². The van der Waals surface area contributed by atoms with E-state index in [1.165, 1.54) is 7.11 Å². The third-order valence-electron chi connectivity index (χ3n) is 2.39. The molecule has 0 aliphatic heterocycles. The van der Waals surface area contributed by atoms with E-state index in [1.807, 2.05) is 0 Å². The zero-order chi connectivity index (χ0) is 12.0. The molecule has 6 heteroatoms. The maximum atomic E-state index is 11.3. The minimum atomic E-state index is -0.933. The highest BCUT2D eigenvalue weighted by molar-refractivity contribution is 5.78. The number of ether oxygens (including phenoxy) is 1. The van der Waals surface area contributed by atoms with Gasteiger partial charge in [-0.05, 0) is 12.8 Å². The Bertz CT molecular complexity index is 253. The number of carboxylic acids is 1. The van der Waals surface area contributed by atoms with Crippen molar-refractivity contribution >= 4 is 11.9 Å². The van der Waals surface area contributed by atoms with Gasteiger partial charge < -0.3 is 20.5 Å². The van der Waals surface area contributed by atoms with Crippen molar-refractivity contribution in [2.24, 2.45) is 0 Å². The van der Waals surface area contributed by atoms with Crippen molar-refractivity contribution in [3.05, 3.63) is 0 Å². The van der Waals surface area contributed by atoms with Crippen molar-refractivity contribution in [2.75, 3.05) is 20.2 Å². The number of hydrogen-bond acceptors (Lipinski definition) is 4. The highest BCUT2D eigenvalue weighted by atomic mass is 16.5. The van der Waals surface area contributed by atoms with Gasteiger partial charge in [0.25, 0.3) is 0 Å². The Morgan fingerprint density at radius 1 is 1.50 bits per heavy atom. The Hall–Kier alpha value is -1.14. The van der Waals surface area contributed by atoms with E-state index in [9.17, 15) is 9.59 Å². The maximum absolute atomic E-state index is 11.3. The number of amides is 1. The summed E-state index contributed by atoms with van der Waals surface area (Å²) in [7, 11) is 1.43. The van der Waals surface area contributed by atoms with Crippen LogP contribution in [0.3, 0.4) is 0 Å². The average molecular weight is 230 g/mol. The molecule has 1 rings (SSSR count). The number of hydrogen-bond donors (Lipinski definition) is 3. The van der Waals surface area contributed by atoms with Crippen LogP contribution in [0.2, 0.25) is 0 Å². The lowest BCUT2D eigenvalue weighted by atomic mass is 10.2. The summed E-state index contributed by atoms with van der Waals surface area (Å²) in [6, 6.07) is 0.489. The Morgan fingerprint density at radius 3 is 2.69 bits per heavy atom. The number of methoxy groups -OCH3 is 1. The quantitative estimate of drug-likeness (QED) is 0.515. The topological polar surface area (TPSA) is 87.7 Å². The number of carbonyl (C=O) groups is 2. The summed E-state index contributed by atoms with van der Waals surface area (Å²) in [6.07, 6.45) is 1.69. The van der Waals surface area contributed by atoms with E-state index in [-0.39, 0.29) is 25.4 Å². The molecule has 0 saturated heterocycles. The fourth-order valence-corrected chi connectivity index (χ4v) is 1.25. The first-order valence-electron chi connectivity index (χ1n) is 5.36. The molecular formula is C10H18N2O4. The van der Waals surface area contributed by atoms with E-state index in [1.54, 1.807) is 0 Å². The van der Waals surface area contributed by atoms with E-state index < -0.39 is 12.1 Å². The Labute approximate surface area is 94.3 Å². The van der Waals surface area contributed by atoms with Crippen LogP contribution in [0.25, 0.3) is 0 Å². The molecule has 92 valence electrons. The van der Waals surface area contributed by atoms with Crippen molar-refractivity contribution in [1.82, 2.24) is 10.6 Å². The van der Waals surface area contributed by atoms with E-state index >= 15 is 0 Å². The average Bonchev–Trinajstić information content (AvgIpc) is 3.04. The van der Waals surface area contributed by atoms with Crippen molar-refractivity contribution < 1.29 is 19.4 Å². The number of nitrogens with one attached hydrogen (secondary N) is 2. The molecular weight excluding hydrogens is 212 g/mol. The summed E-state index contributed by atoms with van der Waals surface area (Å²) in [6.45, 7) is 0.516. The van der Waals surface area contributed by atoms with Gasteiger partial charge in [0.15, 0.2) is 0 Å². The predicted molar refractivity (Wildman–Crippen MR) is 57.1 cm³/mol. The zero-order valence-electron chi connectivity index (χ0n) is 9.36. The Kier molecular flexibility index (Phi) is 5.21. The maximum Gasteiger partial charge on any atom is 0.306 e. The van der Waals surface area contributed by atoms with Crippen molar-refractivity contribution in [2.45, 2.75) is 31.4 Å². The van der Waals surface area contributed by atoms with E-state index in [2.05, 4.69) is 10.6 Å². The van der Waals surface area contributed by atoms with Gasteiger partial charge in [-0.25, -0.2) is 0 Å². The minimum Gasteiger partial charge on any atom is -0.481 e. The Balaban J connectivity index is 2.09. The standard InChI is InChI=1S/C10H18N2O4/c1-16-8(4-10(14)15)5-12-9(13)6-11-7-2-3-7/h7-8,11H,2-6H2,1H3,(H,12,13)(H,14,15). The van der Waals surface area contributed by atoms with Crippen LogP contribution in [0, 0.1) is 0 Å². The summed E-state index contributed by atoms with van der Waals surface area (Å²) >= 11 is 0. The molecule has 3 N–H and O–H groups in total. The number of rotatable bonds is 8. The van der Waals surface area contributed by atoms with Crippen LogP contribution in [-0.2, 0) is 14.3 Å². The smallest absolute Gasteiger partial charge is 0.306 e. The fraction of sp³-hybridized carbons (Fsp3) is 0.800. The van der Waals surface area contributed by atoms with Gasteiger partial charge in [-0.1, -0.05) is 0 Å². The van der Waals surface area contributed by atoms with Crippen LogP contribution < -0.4 is 10.6 Å². The molecule has 1 saturated carbocycles. The molecule has 16 heavy (non-hydrogen) atoms. The number of aliphatic carboxylic acids is 1. The first-order chi connectivity index (χ1) is 7.61. The third kappa shape index (κ3) is 5.67. The molecule has 0 aromatic carbocycles. The highest BCUT2D eigenvalue weighted by Crippen LogP contribution is 2.17. The molecule has 1 fully saturated rings. The lowest BCUT2D eigenvalue weighted by Gasteiger charge is -2.14. The van der Waals surface area contributed by atoms with E-state index in [0.717, 1.165) is 12.8 Å². The monoisotopic (exact) mass is 230 g/mol. The van der Waals surface area contributed by atoms with Gasteiger partial charge in [-0.3, -0.25) is 9.59 Å². The lowest BCUT2D eigenvalue weighted by Crippen LogP contribution is -2.39. The van der Waals surface area contributed by atoms with Gasteiger partial charge in [-0.15, -0.1) is 0 Å². The molecule has 0 heterocycles. The molecule has 0 aromatic rings. The van der Waals surface area contributed by atoms with Crippen LogP contribution in [0.4, 0.5) is 0 Å². The van der Waals surface area contributed by atoms with Crippen LogP contribution in [0.1, 0.15) is 19.3 Å². The largest absolute Gasteiger partial charge is 0.481 e. The summed E-state index contributed by atoms with van der Waals surface area (Å²) in [5.74, 6) is -1.06. The summed E-state index contributed by atoms with van der Waals surface area (Å²) in [5.41, 5.74) is 0. The van der Waals surface area contributed by atoms with Gasteiger partial charge in [0, 0.05) is 19.7 Å². The van der Waals surface area contributed by atoms with Gasteiger partial charge in [0.1, 0.15) is 0 Å². The first-order valence-corrected chi connectivity index (χ1v) is 5.36. The predicted octanol–water partition coefficient (Wildman–Crippen LogP) is -0.656. The fourth-order valence-electron chi connectivity index (χ4n) is 1.25. The van der Waals surface area contributed by atoms with Crippen LogP contribution in [0.15, 0.2) is 0 Å². The molecule has 0 aromatic heterocycles. The molecule has 1 aliphatic rings.